The van der Waals surface area contributed by atoms with Gasteiger partial charge in [-0.2, -0.15) is 0 Å². The summed E-state index contributed by atoms with van der Waals surface area (Å²) in [6.45, 7) is 10.3. The predicted octanol–water partition coefficient (Wildman–Crippen LogP) is 6.70. The zero-order chi connectivity index (χ0) is 32.0. The molecule has 0 radical (unpaired) electrons. The molecular formula is C38H39N5O3. The topological polar surface area (TPSA) is 79.7 Å². The van der Waals surface area contributed by atoms with Gasteiger partial charge in [0.1, 0.15) is 23.9 Å². The standard InChI is InChI=1S/C38H39N5O3/c1-27-24-28(2)39-35(25-27)42-20-18-41(19-21-42)32-16-14-31(15-17-32)40-38(45)37(44)36-34(30-10-6-4-7-11-30)26-29(3)43(36)22-23-46-33-12-8-5-9-13-33/h4-17,24-26H,18-23H2,1-3H3,(H,40,45). The number of para-hydroxylation sites is 1. The molecule has 0 spiro atoms. The number of nitrogens with zero attached hydrogens (tertiary/aromatic N) is 4. The number of hydrogen-bond acceptors (Lipinski definition) is 6. The predicted molar refractivity (Wildman–Crippen MR) is 184 cm³/mol. The summed E-state index contributed by atoms with van der Waals surface area (Å²) in [5, 5.41) is 2.84. The molecule has 0 unspecified atom stereocenters. The zero-order valence-electron chi connectivity index (χ0n) is 26.6. The highest BCUT2D eigenvalue weighted by Gasteiger charge is 2.27. The number of nitrogens with one attached hydrogen (secondary N) is 1. The van der Waals surface area contributed by atoms with Gasteiger partial charge in [-0.15, -0.1) is 0 Å². The average molecular weight is 614 g/mol. The minimum Gasteiger partial charge on any atom is -0.492 e. The zero-order valence-corrected chi connectivity index (χ0v) is 26.6. The highest BCUT2D eigenvalue weighted by Crippen LogP contribution is 2.29. The van der Waals surface area contributed by atoms with Gasteiger partial charge >= 0.3 is 0 Å². The molecule has 6 rings (SSSR count). The van der Waals surface area contributed by atoms with Crippen molar-refractivity contribution in [2.75, 3.05) is 47.9 Å². The summed E-state index contributed by atoms with van der Waals surface area (Å²) in [5.74, 6) is 0.514. The third kappa shape index (κ3) is 6.96. The van der Waals surface area contributed by atoms with Crippen LogP contribution in [0.15, 0.2) is 103 Å². The maximum Gasteiger partial charge on any atom is 0.298 e. The van der Waals surface area contributed by atoms with Crippen LogP contribution in [0.25, 0.3) is 11.1 Å². The number of amides is 1. The average Bonchev–Trinajstić information content (AvgIpc) is 3.40. The Hall–Kier alpha value is -5.37. The van der Waals surface area contributed by atoms with E-state index in [0.29, 0.717) is 24.5 Å². The molecule has 2 aromatic heterocycles. The Balaban J connectivity index is 1.13. The number of rotatable bonds is 10. The summed E-state index contributed by atoms with van der Waals surface area (Å²) >= 11 is 0. The van der Waals surface area contributed by atoms with Crippen molar-refractivity contribution in [2.45, 2.75) is 27.3 Å². The van der Waals surface area contributed by atoms with E-state index in [9.17, 15) is 9.59 Å². The summed E-state index contributed by atoms with van der Waals surface area (Å²) in [6.07, 6.45) is 0. The summed E-state index contributed by atoms with van der Waals surface area (Å²) in [4.78, 5) is 36.6. The summed E-state index contributed by atoms with van der Waals surface area (Å²) in [7, 11) is 0. The minimum absolute atomic E-state index is 0.352. The molecule has 1 saturated heterocycles. The first-order chi connectivity index (χ1) is 22.4. The molecule has 8 heteroatoms. The third-order valence-electron chi connectivity index (χ3n) is 8.32. The van der Waals surface area contributed by atoms with Crippen LogP contribution in [0.5, 0.6) is 5.75 Å². The smallest absolute Gasteiger partial charge is 0.298 e. The first kappa shape index (κ1) is 30.6. The fraction of sp³-hybridized carbons (Fsp3) is 0.237. The summed E-state index contributed by atoms with van der Waals surface area (Å²) in [5.41, 5.74) is 6.74. The van der Waals surface area contributed by atoms with E-state index in [-0.39, 0.29) is 0 Å². The third-order valence-corrected chi connectivity index (χ3v) is 8.32. The second-order valence-corrected chi connectivity index (χ2v) is 11.7. The second-order valence-electron chi connectivity index (χ2n) is 11.7. The maximum atomic E-state index is 13.8. The van der Waals surface area contributed by atoms with Crippen molar-refractivity contribution < 1.29 is 14.3 Å². The normalized spacial score (nSPS) is 13.0. The van der Waals surface area contributed by atoms with E-state index < -0.39 is 11.7 Å². The van der Waals surface area contributed by atoms with Crippen molar-refractivity contribution in [1.82, 2.24) is 9.55 Å². The van der Waals surface area contributed by atoms with Crippen molar-refractivity contribution in [3.05, 3.63) is 126 Å². The maximum absolute atomic E-state index is 13.8. The number of ketones is 1. The number of carbonyl (C=O) groups excluding carboxylic acids is 2. The molecule has 46 heavy (non-hydrogen) atoms. The lowest BCUT2D eigenvalue weighted by molar-refractivity contribution is -0.112. The highest BCUT2D eigenvalue weighted by molar-refractivity contribution is 6.47. The lowest BCUT2D eigenvalue weighted by Gasteiger charge is -2.37. The number of benzene rings is 3. The van der Waals surface area contributed by atoms with Crippen LogP contribution in [0.3, 0.4) is 0 Å². The number of Topliss-reactive ketones (excluding diaryl/α,β-unsaturated/α-hetero) is 1. The van der Waals surface area contributed by atoms with Crippen molar-refractivity contribution in [1.29, 1.82) is 0 Å². The van der Waals surface area contributed by atoms with E-state index in [4.69, 9.17) is 9.72 Å². The molecule has 1 aliphatic rings. The summed E-state index contributed by atoms with van der Waals surface area (Å²) < 4.78 is 7.81. The number of aryl methyl sites for hydroxylation is 3. The number of pyridine rings is 1. The van der Waals surface area contributed by atoms with Crippen LogP contribution in [0.4, 0.5) is 17.2 Å². The van der Waals surface area contributed by atoms with Gasteiger partial charge in [-0.1, -0.05) is 48.5 Å². The first-order valence-electron chi connectivity index (χ1n) is 15.7. The highest BCUT2D eigenvalue weighted by atomic mass is 16.5. The number of carbonyl (C=O) groups is 2. The molecule has 1 fully saturated rings. The van der Waals surface area contributed by atoms with E-state index >= 15 is 0 Å². The van der Waals surface area contributed by atoms with Gasteiger partial charge < -0.3 is 24.4 Å². The van der Waals surface area contributed by atoms with Gasteiger partial charge in [0, 0.05) is 54.5 Å². The molecule has 0 aliphatic carbocycles. The quantitative estimate of drug-likeness (QED) is 0.140. The molecule has 234 valence electrons. The molecule has 3 heterocycles. The molecule has 0 bridgehead atoms. The number of aromatic nitrogens is 2. The van der Waals surface area contributed by atoms with Crippen molar-refractivity contribution in [3.8, 4) is 16.9 Å². The SMILES string of the molecule is Cc1cc(C)nc(N2CCN(c3ccc(NC(=O)C(=O)c4c(-c5ccccc5)cc(C)n4CCOc4ccccc4)cc3)CC2)c1. The van der Waals surface area contributed by atoms with Gasteiger partial charge in [-0.05, 0) is 86.5 Å². The fourth-order valence-electron chi connectivity index (χ4n) is 6.05. The van der Waals surface area contributed by atoms with E-state index in [1.165, 1.54) is 5.56 Å². The molecule has 1 N–H and O–H groups in total. The van der Waals surface area contributed by atoms with Gasteiger partial charge in [-0.25, -0.2) is 4.98 Å². The largest absolute Gasteiger partial charge is 0.492 e. The number of ether oxygens (including phenoxy) is 1. The van der Waals surface area contributed by atoms with E-state index in [2.05, 4.69) is 34.2 Å². The molecule has 1 amide bonds. The van der Waals surface area contributed by atoms with Crippen molar-refractivity contribution in [3.63, 3.8) is 0 Å². The van der Waals surface area contributed by atoms with Crippen LogP contribution >= 0.6 is 0 Å². The van der Waals surface area contributed by atoms with E-state index in [1.807, 2.05) is 109 Å². The monoisotopic (exact) mass is 613 g/mol. The van der Waals surface area contributed by atoms with Gasteiger partial charge in [0.15, 0.2) is 0 Å². The van der Waals surface area contributed by atoms with Gasteiger partial charge in [0.05, 0.1) is 6.54 Å². The van der Waals surface area contributed by atoms with Crippen LogP contribution in [0.1, 0.15) is 27.4 Å². The Morgan fingerprint density at radius 3 is 2.11 bits per heavy atom. The first-order valence-corrected chi connectivity index (χ1v) is 15.7. The van der Waals surface area contributed by atoms with Crippen LogP contribution in [-0.2, 0) is 11.3 Å². The Bertz CT molecular complexity index is 1790. The molecule has 8 nitrogen and oxygen atoms in total. The van der Waals surface area contributed by atoms with Crippen LogP contribution in [0.2, 0.25) is 0 Å². The Morgan fingerprint density at radius 2 is 1.43 bits per heavy atom. The number of piperazine rings is 1. The van der Waals surface area contributed by atoms with Crippen molar-refractivity contribution >= 4 is 28.9 Å². The minimum atomic E-state index is -0.678. The molecule has 0 saturated carbocycles. The molecule has 0 atom stereocenters. The molecule has 5 aromatic rings. The Labute approximate surface area is 270 Å². The molecule has 3 aromatic carbocycles. The van der Waals surface area contributed by atoms with Gasteiger partial charge in [-0.3, -0.25) is 9.59 Å². The lowest BCUT2D eigenvalue weighted by atomic mass is 10.0. The second kappa shape index (κ2) is 13.7. The van der Waals surface area contributed by atoms with Crippen LogP contribution in [0, 0.1) is 20.8 Å². The number of hydrogen-bond donors (Lipinski definition) is 1. The van der Waals surface area contributed by atoms with Gasteiger partial charge in [0.2, 0.25) is 0 Å². The Morgan fingerprint density at radius 1 is 0.783 bits per heavy atom. The Kier molecular flexibility index (Phi) is 9.15. The lowest BCUT2D eigenvalue weighted by Crippen LogP contribution is -2.46. The number of anilines is 3. The van der Waals surface area contributed by atoms with E-state index in [0.717, 1.165) is 65.9 Å². The van der Waals surface area contributed by atoms with Crippen LogP contribution in [-0.4, -0.2) is 54.0 Å². The van der Waals surface area contributed by atoms with Crippen molar-refractivity contribution in [2.24, 2.45) is 0 Å². The van der Waals surface area contributed by atoms with E-state index in [1.54, 1.807) is 0 Å². The van der Waals surface area contributed by atoms with Gasteiger partial charge in [0.25, 0.3) is 11.7 Å². The molecule has 1 aliphatic heterocycles. The molecular weight excluding hydrogens is 574 g/mol. The van der Waals surface area contributed by atoms with Crippen LogP contribution < -0.4 is 19.9 Å². The fourth-order valence-corrected chi connectivity index (χ4v) is 6.05. The summed E-state index contributed by atoms with van der Waals surface area (Å²) in [6, 6.07) is 33.1.